The molecule has 5 N–H and O–H groups in total. The van der Waals surface area contributed by atoms with Gasteiger partial charge in [0.2, 0.25) is 5.91 Å². The molecule has 0 spiro atoms. The van der Waals surface area contributed by atoms with Crippen LogP contribution >= 0.6 is 0 Å². The predicted octanol–water partition coefficient (Wildman–Crippen LogP) is 3.98. The van der Waals surface area contributed by atoms with Crippen molar-refractivity contribution in [2.75, 3.05) is 13.1 Å². The van der Waals surface area contributed by atoms with Crippen LogP contribution in [0.4, 0.5) is 0 Å². The van der Waals surface area contributed by atoms with Crippen molar-refractivity contribution in [1.29, 1.82) is 0 Å². The number of amides is 2. The van der Waals surface area contributed by atoms with E-state index in [2.05, 4.69) is 30.7 Å². The summed E-state index contributed by atoms with van der Waals surface area (Å²) in [6.45, 7) is 10.8. The molecular weight excluding hydrogens is 438 g/mol. The molecular formula is C28H41N5O2. The number of carbonyl (C=O) groups is 2. The van der Waals surface area contributed by atoms with Crippen LogP contribution in [-0.2, 0) is 15.1 Å². The van der Waals surface area contributed by atoms with Gasteiger partial charge in [0.15, 0.2) is 11.5 Å². The third-order valence-corrected chi connectivity index (χ3v) is 6.20. The zero-order valence-corrected chi connectivity index (χ0v) is 21.4. The first kappa shape index (κ1) is 27.9. The summed E-state index contributed by atoms with van der Waals surface area (Å²) in [5.41, 5.74) is 12.7. The minimum absolute atomic E-state index is 0.0260. The summed E-state index contributed by atoms with van der Waals surface area (Å²) in [6.07, 6.45) is 10.5. The largest absolute Gasteiger partial charge is 0.405 e. The molecule has 0 saturated carbocycles. The van der Waals surface area contributed by atoms with E-state index in [4.69, 9.17) is 11.5 Å². The minimum atomic E-state index is -0.957. The van der Waals surface area contributed by atoms with Crippen LogP contribution in [0.5, 0.6) is 0 Å². The summed E-state index contributed by atoms with van der Waals surface area (Å²) in [6, 6.07) is 9.67. The van der Waals surface area contributed by atoms with Gasteiger partial charge in [0.25, 0.3) is 5.91 Å². The molecule has 2 amide bonds. The Balaban J connectivity index is 1.84. The Morgan fingerprint density at radius 1 is 1.23 bits per heavy atom. The molecule has 1 aromatic carbocycles. The van der Waals surface area contributed by atoms with Crippen molar-refractivity contribution in [1.82, 2.24) is 10.2 Å². The highest BCUT2D eigenvalue weighted by atomic mass is 16.2. The average Bonchev–Trinajstić information content (AvgIpc) is 3.07. The van der Waals surface area contributed by atoms with Gasteiger partial charge in [-0.15, -0.1) is 0 Å². The van der Waals surface area contributed by atoms with Gasteiger partial charge in [0, 0.05) is 19.0 Å². The number of nitrogens with zero attached hydrogens (tertiary/aromatic N) is 2. The number of nitrogens with one attached hydrogen (secondary N) is 1. The number of hydrogen-bond acceptors (Lipinski definition) is 5. The molecule has 0 radical (unpaired) electrons. The first-order chi connectivity index (χ1) is 16.7. The number of unbranched alkanes of at least 4 members (excludes halogenated alkanes) is 1. The molecule has 1 aromatic rings. The predicted molar refractivity (Wildman–Crippen MR) is 143 cm³/mol. The molecule has 2 rings (SSSR count). The second-order valence-electron chi connectivity index (χ2n) is 9.53. The minimum Gasteiger partial charge on any atom is -0.405 e. The van der Waals surface area contributed by atoms with Crippen LogP contribution in [0.1, 0.15) is 58.4 Å². The number of rotatable bonds is 14. The number of allylic oxidation sites excluding steroid dienone is 4. The summed E-state index contributed by atoms with van der Waals surface area (Å²) in [4.78, 5) is 32.2. The second-order valence-corrected chi connectivity index (χ2v) is 9.53. The third kappa shape index (κ3) is 7.57. The van der Waals surface area contributed by atoms with E-state index in [-0.39, 0.29) is 29.6 Å². The zero-order valence-electron chi connectivity index (χ0n) is 21.4. The molecule has 1 heterocycles. The van der Waals surface area contributed by atoms with Crippen molar-refractivity contribution >= 4 is 17.8 Å². The maximum absolute atomic E-state index is 13.5. The Morgan fingerprint density at radius 3 is 2.57 bits per heavy atom. The van der Waals surface area contributed by atoms with Gasteiger partial charge in [0.05, 0.1) is 0 Å². The van der Waals surface area contributed by atoms with Gasteiger partial charge < -0.3 is 16.8 Å². The third-order valence-electron chi connectivity index (χ3n) is 6.20. The lowest BCUT2D eigenvalue weighted by atomic mass is 9.82. The Labute approximate surface area is 210 Å². The van der Waals surface area contributed by atoms with Gasteiger partial charge in [-0.2, -0.15) is 0 Å². The summed E-state index contributed by atoms with van der Waals surface area (Å²) >= 11 is 0. The van der Waals surface area contributed by atoms with Crippen LogP contribution in [0, 0.1) is 11.8 Å². The van der Waals surface area contributed by atoms with Crippen LogP contribution in [0.2, 0.25) is 0 Å². The average molecular weight is 480 g/mol. The fourth-order valence-electron chi connectivity index (χ4n) is 4.38. The van der Waals surface area contributed by atoms with Gasteiger partial charge >= 0.3 is 0 Å². The van der Waals surface area contributed by atoms with Crippen LogP contribution in [0.25, 0.3) is 0 Å². The van der Waals surface area contributed by atoms with E-state index in [1.165, 1.54) is 6.20 Å². The van der Waals surface area contributed by atoms with E-state index < -0.39 is 5.54 Å². The maximum Gasteiger partial charge on any atom is 0.261 e. The normalized spacial score (nSPS) is 19.3. The Kier molecular flexibility index (Phi) is 10.8. The molecule has 7 nitrogen and oxygen atoms in total. The van der Waals surface area contributed by atoms with Gasteiger partial charge in [-0.05, 0) is 61.4 Å². The Hall–Kier alpha value is -3.35. The summed E-state index contributed by atoms with van der Waals surface area (Å²) in [5, 5.41) is 3.00. The van der Waals surface area contributed by atoms with E-state index in [9.17, 15) is 9.59 Å². The van der Waals surface area contributed by atoms with Crippen molar-refractivity contribution in [3.8, 4) is 0 Å². The molecule has 1 unspecified atom stereocenters. The van der Waals surface area contributed by atoms with Crippen LogP contribution < -0.4 is 16.8 Å². The maximum atomic E-state index is 13.5. The van der Waals surface area contributed by atoms with Crippen molar-refractivity contribution in [3.63, 3.8) is 0 Å². The molecule has 190 valence electrons. The smallest absolute Gasteiger partial charge is 0.261 e. The molecule has 2 atom stereocenters. The lowest BCUT2D eigenvalue weighted by molar-refractivity contribution is -0.132. The number of carbonyl (C=O) groups excluding carboxylic acids is 2. The van der Waals surface area contributed by atoms with Crippen LogP contribution in [-0.4, -0.2) is 35.8 Å². The standard InChI is InChI=1S/C28H41N5O2/c1-5-11-23(16-17-29)15-14-22(4)25(34)31-18-9-10-19-33-26(35)28(20-21(2)3,32-27(33)30)24-12-7-6-8-13-24/h5-8,11-13,16-17,21-22H,1,9-10,14-15,18-20,29H2,2-4H3,(H2,30,32)(H,31,34)/b17-16-,23-11-/t22-,28?/m0/s1. The Bertz CT molecular complexity index is 951. The lowest BCUT2D eigenvalue weighted by Crippen LogP contribution is -2.44. The second kappa shape index (κ2) is 13.5. The molecule has 1 aliphatic heterocycles. The van der Waals surface area contributed by atoms with Crippen molar-refractivity contribution in [2.45, 2.75) is 58.4 Å². The highest BCUT2D eigenvalue weighted by molar-refractivity contribution is 6.07. The van der Waals surface area contributed by atoms with Crippen LogP contribution in [0.15, 0.2) is 71.9 Å². The first-order valence-corrected chi connectivity index (χ1v) is 12.5. The number of hydrogen-bond donors (Lipinski definition) is 3. The monoisotopic (exact) mass is 479 g/mol. The quantitative estimate of drug-likeness (QED) is 0.277. The van der Waals surface area contributed by atoms with E-state index >= 15 is 0 Å². The SMILES string of the molecule is C=C/C=C(\C=C/N)CC[C@H](C)C(=O)NCCCCN1C(=O)C(CC(C)C)(c2ccccc2)N=C1N. The molecule has 1 aliphatic rings. The summed E-state index contributed by atoms with van der Waals surface area (Å²) < 4.78 is 0. The fraction of sp³-hybridized carbons (Fsp3) is 0.464. The number of benzene rings is 1. The molecule has 35 heavy (non-hydrogen) atoms. The molecule has 0 aromatic heterocycles. The zero-order chi connectivity index (χ0) is 25.8. The molecule has 0 saturated heterocycles. The van der Waals surface area contributed by atoms with Crippen LogP contribution in [0.3, 0.4) is 0 Å². The van der Waals surface area contributed by atoms with E-state index in [1.807, 2.05) is 49.4 Å². The summed E-state index contributed by atoms with van der Waals surface area (Å²) in [5.74, 6) is 0.398. The van der Waals surface area contributed by atoms with Gasteiger partial charge in [-0.3, -0.25) is 14.5 Å². The van der Waals surface area contributed by atoms with E-state index in [0.29, 0.717) is 19.5 Å². The molecule has 0 bridgehead atoms. The topological polar surface area (TPSA) is 114 Å². The number of guanidine groups is 1. The number of aliphatic imine (C=N–C) groups is 1. The molecule has 0 fully saturated rings. The highest BCUT2D eigenvalue weighted by Gasteiger charge is 2.48. The molecule has 0 aliphatic carbocycles. The lowest BCUT2D eigenvalue weighted by Gasteiger charge is -2.28. The first-order valence-electron chi connectivity index (χ1n) is 12.5. The highest BCUT2D eigenvalue weighted by Crippen LogP contribution is 2.38. The van der Waals surface area contributed by atoms with Gasteiger partial charge in [-0.1, -0.05) is 69.8 Å². The van der Waals surface area contributed by atoms with Crippen molar-refractivity contribution < 1.29 is 9.59 Å². The van der Waals surface area contributed by atoms with Crippen molar-refractivity contribution in [3.05, 3.63) is 72.5 Å². The van der Waals surface area contributed by atoms with E-state index in [1.54, 1.807) is 11.0 Å². The molecule has 7 heteroatoms. The summed E-state index contributed by atoms with van der Waals surface area (Å²) in [7, 11) is 0. The van der Waals surface area contributed by atoms with E-state index in [0.717, 1.165) is 36.8 Å². The van der Waals surface area contributed by atoms with Gasteiger partial charge in [-0.25, -0.2) is 4.99 Å². The fourth-order valence-corrected chi connectivity index (χ4v) is 4.38. The number of nitrogens with two attached hydrogens (primary N) is 2. The van der Waals surface area contributed by atoms with Crippen molar-refractivity contribution in [2.24, 2.45) is 28.3 Å². The van der Waals surface area contributed by atoms with Gasteiger partial charge in [0.1, 0.15) is 0 Å². The Morgan fingerprint density at radius 2 is 1.94 bits per heavy atom.